The SMILES string of the molecule is Cc1ccc[nH]c1=O.O. The molecule has 0 aliphatic heterocycles. The highest BCUT2D eigenvalue weighted by Gasteiger charge is 1.83. The minimum Gasteiger partial charge on any atom is -0.412 e. The van der Waals surface area contributed by atoms with Gasteiger partial charge in [-0.3, -0.25) is 4.79 Å². The number of aromatic nitrogens is 1. The van der Waals surface area contributed by atoms with Crippen molar-refractivity contribution in [3.63, 3.8) is 0 Å². The topological polar surface area (TPSA) is 64.4 Å². The first-order chi connectivity index (χ1) is 3.80. The molecule has 0 saturated carbocycles. The Bertz CT molecular complexity index is 228. The van der Waals surface area contributed by atoms with Gasteiger partial charge in [-0.05, 0) is 13.0 Å². The van der Waals surface area contributed by atoms with E-state index in [2.05, 4.69) is 4.98 Å². The predicted molar refractivity (Wildman–Crippen MR) is 35.4 cm³/mol. The summed E-state index contributed by atoms with van der Waals surface area (Å²) in [7, 11) is 0. The number of H-pyrrole nitrogens is 1. The molecule has 0 aliphatic carbocycles. The molecular formula is C6H9NO2. The van der Waals surface area contributed by atoms with Crippen molar-refractivity contribution in [1.82, 2.24) is 4.98 Å². The fourth-order valence-corrected chi connectivity index (χ4v) is 0.506. The number of pyridine rings is 1. The lowest BCUT2D eigenvalue weighted by Gasteiger charge is -1.83. The maximum atomic E-state index is 10.6. The Balaban J connectivity index is 0.000000640. The van der Waals surface area contributed by atoms with Crippen molar-refractivity contribution in [2.24, 2.45) is 0 Å². The van der Waals surface area contributed by atoms with Crippen LogP contribution < -0.4 is 5.56 Å². The highest BCUT2D eigenvalue weighted by Crippen LogP contribution is 1.81. The molecule has 3 nitrogen and oxygen atoms in total. The van der Waals surface area contributed by atoms with Crippen LogP contribution in [-0.2, 0) is 0 Å². The maximum Gasteiger partial charge on any atom is 0.250 e. The second-order valence-electron chi connectivity index (χ2n) is 1.68. The number of rotatable bonds is 0. The first-order valence-electron chi connectivity index (χ1n) is 2.45. The molecular weight excluding hydrogens is 118 g/mol. The van der Waals surface area contributed by atoms with Crippen LogP contribution in [0.4, 0.5) is 0 Å². The van der Waals surface area contributed by atoms with Crippen molar-refractivity contribution in [3.05, 3.63) is 34.2 Å². The van der Waals surface area contributed by atoms with E-state index in [1.165, 1.54) is 0 Å². The molecule has 3 N–H and O–H groups in total. The van der Waals surface area contributed by atoms with E-state index in [1.807, 2.05) is 0 Å². The molecule has 0 aliphatic rings. The molecule has 1 aromatic heterocycles. The van der Waals surface area contributed by atoms with Crippen LogP contribution in [0.3, 0.4) is 0 Å². The number of hydrogen-bond donors (Lipinski definition) is 1. The number of hydrogen-bond acceptors (Lipinski definition) is 1. The van der Waals surface area contributed by atoms with Crippen LogP contribution in [0, 0.1) is 6.92 Å². The van der Waals surface area contributed by atoms with Gasteiger partial charge < -0.3 is 10.5 Å². The number of nitrogens with one attached hydrogen (secondary N) is 1. The largest absolute Gasteiger partial charge is 0.412 e. The van der Waals surface area contributed by atoms with Crippen LogP contribution in [0.1, 0.15) is 5.56 Å². The summed E-state index contributed by atoms with van der Waals surface area (Å²) >= 11 is 0. The first-order valence-corrected chi connectivity index (χ1v) is 2.45. The molecule has 50 valence electrons. The highest BCUT2D eigenvalue weighted by atomic mass is 16.1. The Morgan fingerprint density at radius 2 is 2.22 bits per heavy atom. The summed E-state index contributed by atoms with van der Waals surface area (Å²) in [5.74, 6) is 0. The third-order valence-corrected chi connectivity index (χ3v) is 1.02. The van der Waals surface area contributed by atoms with E-state index in [-0.39, 0.29) is 11.0 Å². The Hall–Kier alpha value is -1.09. The molecule has 1 rings (SSSR count). The van der Waals surface area contributed by atoms with Crippen LogP contribution in [0.25, 0.3) is 0 Å². The third kappa shape index (κ3) is 1.70. The summed E-state index contributed by atoms with van der Waals surface area (Å²) < 4.78 is 0. The van der Waals surface area contributed by atoms with Crippen molar-refractivity contribution in [2.45, 2.75) is 6.92 Å². The second kappa shape index (κ2) is 3.04. The van der Waals surface area contributed by atoms with E-state index in [4.69, 9.17) is 0 Å². The second-order valence-corrected chi connectivity index (χ2v) is 1.68. The summed E-state index contributed by atoms with van der Waals surface area (Å²) in [5.41, 5.74) is 0.750. The van der Waals surface area contributed by atoms with Gasteiger partial charge in [0.25, 0.3) is 5.56 Å². The van der Waals surface area contributed by atoms with Gasteiger partial charge in [0.05, 0.1) is 0 Å². The summed E-state index contributed by atoms with van der Waals surface area (Å²) in [6.07, 6.45) is 1.62. The van der Waals surface area contributed by atoms with E-state index in [1.54, 1.807) is 25.3 Å². The Kier molecular flexibility index (Phi) is 2.67. The lowest BCUT2D eigenvalue weighted by Crippen LogP contribution is -2.06. The van der Waals surface area contributed by atoms with Gasteiger partial charge >= 0.3 is 0 Å². The van der Waals surface area contributed by atoms with Gasteiger partial charge in [-0.25, -0.2) is 0 Å². The molecule has 0 spiro atoms. The van der Waals surface area contributed by atoms with Crippen LogP contribution in [0.2, 0.25) is 0 Å². The molecule has 9 heavy (non-hydrogen) atoms. The Morgan fingerprint density at radius 1 is 1.56 bits per heavy atom. The first kappa shape index (κ1) is 7.91. The van der Waals surface area contributed by atoms with Crippen LogP contribution in [0.15, 0.2) is 23.1 Å². The van der Waals surface area contributed by atoms with E-state index in [0.717, 1.165) is 5.56 Å². The maximum absolute atomic E-state index is 10.6. The van der Waals surface area contributed by atoms with E-state index in [9.17, 15) is 4.79 Å². The molecule has 0 amide bonds. The molecule has 0 fully saturated rings. The lowest BCUT2D eigenvalue weighted by molar-refractivity contribution is 0.824. The number of aryl methyl sites for hydroxylation is 1. The quantitative estimate of drug-likeness (QED) is 0.518. The molecule has 0 atom stereocenters. The third-order valence-electron chi connectivity index (χ3n) is 1.02. The molecule has 0 unspecified atom stereocenters. The van der Waals surface area contributed by atoms with Gasteiger partial charge in [0, 0.05) is 11.8 Å². The average Bonchev–Trinajstić information content (AvgIpc) is 1.77. The van der Waals surface area contributed by atoms with Crippen molar-refractivity contribution in [2.75, 3.05) is 0 Å². The Morgan fingerprint density at radius 3 is 2.56 bits per heavy atom. The summed E-state index contributed by atoms with van der Waals surface area (Å²) in [5, 5.41) is 0. The zero-order valence-corrected chi connectivity index (χ0v) is 5.14. The van der Waals surface area contributed by atoms with Crippen molar-refractivity contribution < 1.29 is 5.48 Å². The van der Waals surface area contributed by atoms with E-state index < -0.39 is 0 Å². The summed E-state index contributed by atoms with van der Waals surface area (Å²) in [4.78, 5) is 13.1. The molecule has 1 heterocycles. The van der Waals surface area contributed by atoms with Crippen molar-refractivity contribution >= 4 is 0 Å². The van der Waals surface area contributed by atoms with E-state index in [0.29, 0.717) is 0 Å². The molecule has 3 heteroatoms. The zero-order valence-electron chi connectivity index (χ0n) is 5.14. The predicted octanol–water partition coefficient (Wildman–Crippen LogP) is -0.141. The minimum absolute atomic E-state index is 0. The van der Waals surface area contributed by atoms with Gasteiger partial charge in [0.15, 0.2) is 0 Å². The molecule has 0 aromatic carbocycles. The van der Waals surface area contributed by atoms with Gasteiger partial charge in [-0.2, -0.15) is 0 Å². The van der Waals surface area contributed by atoms with Crippen LogP contribution >= 0.6 is 0 Å². The van der Waals surface area contributed by atoms with Gasteiger partial charge in [-0.15, -0.1) is 0 Å². The lowest BCUT2D eigenvalue weighted by atomic mass is 10.3. The highest BCUT2D eigenvalue weighted by molar-refractivity contribution is 5.05. The number of aromatic amines is 1. The normalized spacial score (nSPS) is 8.11. The molecule has 1 aromatic rings. The fraction of sp³-hybridized carbons (Fsp3) is 0.167. The van der Waals surface area contributed by atoms with Gasteiger partial charge in [0.1, 0.15) is 0 Å². The fourth-order valence-electron chi connectivity index (χ4n) is 0.506. The summed E-state index contributed by atoms with van der Waals surface area (Å²) in [6, 6.07) is 3.58. The minimum atomic E-state index is -0.00694. The molecule has 0 saturated heterocycles. The monoisotopic (exact) mass is 127 g/mol. The van der Waals surface area contributed by atoms with Gasteiger partial charge in [0.2, 0.25) is 0 Å². The van der Waals surface area contributed by atoms with E-state index >= 15 is 0 Å². The standard InChI is InChI=1S/C6H7NO.H2O/c1-5-3-2-4-7-6(5)8;/h2-4H,1H3,(H,7,8);1H2. The smallest absolute Gasteiger partial charge is 0.250 e. The molecule has 0 radical (unpaired) electrons. The Labute approximate surface area is 52.7 Å². The van der Waals surface area contributed by atoms with Gasteiger partial charge in [-0.1, -0.05) is 6.07 Å². The van der Waals surface area contributed by atoms with Crippen molar-refractivity contribution in [3.8, 4) is 0 Å². The molecule has 0 bridgehead atoms. The van der Waals surface area contributed by atoms with Crippen molar-refractivity contribution in [1.29, 1.82) is 0 Å². The average molecular weight is 127 g/mol. The summed E-state index contributed by atoms with van der Waals surface area (Å²) in [6.45, 7) is 1.78. The van der Waals surface area contributed by atoms with Crippen LogP contribution in [0.5, 0.6) is 0 Å². The van der Waals surface area contributed by atoms with Crippen LogP contribution in [-0.4, -0.2) is 10.5 Å². The zero-order chi connectivity index (χ0) is 5.98.